The first-order chi connectivity index (χ1) is 11.4. The normalized spacial score (nSPS) is 10.8. The summed E-state index contributed by atoms with van der Waals surface area (Å²) in [7, 11) is 2.62. The molecule has 0 N–H and O–H groups in total. The fourth-order valence-corrected chi connectivity index (χ4v) is 2.89. The molecule has 130 valence electrons. The lowest BCUT2D eigenvalue weighted by Crippen LogP contribution is -2.02. The highest BCUT2D eigenvalue weighted by Gasteiger charge is 2.29. The largest absolute Gasteiger partial charge is 0.463 e. The van der Waals surface area contributed by atoms with E-state index in [1.54, 1.807) is 0 Å². The molecule has 6 heteroatoms. The third kappa shape index (κ3) is 2.72. The summed E-state index contributed by atoms with van der Waals surface area (Å²) in [5.41, 5.74) is 3.14. The van der Waals surface area contributed by atoms with Gasteiger partial charge in [-0.05, 0) is 26.7 Å². The van der Waals surface area contributed by atoms with Crippen LogP contribution in [0.1, 0.15) is 57.2 Å². The van der Waals surface area contributed by atoms with Crippen LogP contribution < -0.4 is 0 Å². The molecule has 2 rings (SSSR count). The zero-order valence-corrected chi connectivity index (χ0v) is 14.9. The van der Waals surface area contributed by atoms with Gasteiger partial charge in [0.05, 0.1) is 14.2 Å². The molecule has 0 radical (unpaired) electrons. The maximum Gasteiger partial charge on any atom is 0.374 e. The van der Waals surface area contributed by atoms with Crippen molar-refractivity contribution in [3.63, 3.8) is 0 Å². The van der Waals surface area contributed by atoms with Crippen molar-refractivity contribution in [3.05, 3.63) is 33.8 Å². The minimum Gasteiger partial charge on any atom is -0.463 e. The number of carbonyl (C=O) groups excluding carboxylic acids is 2. The van der Waals surface area contributed by atoms with Crippen LogP contribution in [0.3, 0.4) is 0 Å². The van der Waals surface area contributed by atoms with Crippen LogP contribution in [0.25, 0.3) is 11.5 Å². The first-order valence-electron chi connectivity index (χ1n) is 7.82. The van der Waals surface area contributed by atoms with Crippen molar-refractivity contribution >= 4 is 11.9 Å². The molecule has 0 fully saturated rings. The molecular formula is C18H22O6. The average Bonchev–Trinajstić information content (AvgIpc) is 3.09. The Labute approximate surface area is 140 Å². The van der Waals surface area contributed by atoms with E-state index in [1.165, 1.54) is 14.2 Å². The second-order valence-corrected chi connectivity index (χ2v) is 5.42. The van der Waals surface area contributed by atoms with Gasteiger partial charge >= 0.3 is 11.9 Å². The van der Waals surface area contributed by atoms with E-state index in [9.17, 15) is 9.59 Å². The van der Waals surface area contributed by atoms with Crippen LogP contribution in [0.4, 0.5) is 0 Å². The molecule has 0 bridgehead atoms. The minimum absolute atomic E-state index is 0.168. The summed E-state index contributed by atoms with van der Waals surface area (Å²) < 4.78 is 21.1. The minimum atomic E-state index is -0.533. The Morgan fingerprint density at radius 2 is 1.12 bits per heavy atom. The monoisotopic (exact) mass is 334 g/mol. The van der Waals surface area contributed by atoms with E-state index in [4.69, 9.17) is 18.3 Å². The fourth-order valence-electron chi connectivity index (χ4n) is 2.89. The van der Waals surface area contributed by atoms with Crippen LogP contribution in [0.5, 0.6) is 0 Å². The maximum absolute atomic E-state index is 11.9. The number of rotatable bonds is 5. The highest BCUT2D eigenvalue weighted by Crippen LogP contribution is 2.37. The van der Waals surface area contributed by atoms with Gasteiger partial charge < -0.3 is 18.3 Å². The predicted molar refractivity (Wildman–Crippen MR) is 87.3 cm³/mol. The molecule has 0 unspecified atom stereocenters. The van der Waals surface area contributed by atoms with Crippen molar-refractivity contribution in [2.45, 2.75) is 40.5 Å². The third-order valence-corrected chi connectivity index (χ3v) is 4.20. The number of methoxy groups -OCH3 is 2. The Kier molecular flexibility index (Phi) is 5.17. The van der Waals surface area contributed by atoms with Gasteiger partial charge in [0.15, 0.2) is 11.5 Å². The van der Waals surface area contributed by atoms with Gasteiger partial charge in [0.1, 0.15) is 0 Å². The molecule has 0 atom stereocenters. The lowest BCUT2D eigenvalue weighted by molar-refractivity contribution is 0.0553. The topological polar surface area (TPSA) is 78.9 Å². The number of hydrogen-bond acceptors (Lipinski definition) is 6. The summed E-state index contributed by atoms with van der Waals surface area (Å²) in [6, 6.07) is 0. The van der Waals surface area contributed by atoms with Gasteiger partial charge in [-0.15, -0.1) is 0 Å². The molecule has 2 heterocycles. The van der Waals surface area contributed by atoms with E-state index in [0.717, 1.165) is 22.3 Å². The molecule has 0 saturated heterocycles. The van der Waals surface area contributed by atoms with Crippen LogP contribution >= 0.6 is 0 Å². The fraction of sp³-hybridized carbons (Fsp3) is 0.444. The summed E-state index contributed by atoms with van der Waals surface area (Å²) in [6.07, 6.45) is 1.23. The second kappa shape index (κ2) is 6.95. The van der Waals surface area contributed by atoms with Gasteiger partial charge in [0.25, 0.3) is 0 Å². The zero-order valence-electron chi connectivity index (χ0n) is 14.9. The molecule has 2 aromatic rings. The lowest BCUT2D eigenvalue weighted by atomic mass is 10.0. The molecule has 0 aliphatic heterocycles. The summed E-state index contributed by atoms with van der Waals surface area (Å²) >= 11 is 0. The highest BCUT2D eigenvalue weighted by atomic mass is 16.5. The first kappa shape index (κ1) is 17.8. The summed E-state index contributed by atoms with van der Waals surface area (Å²) in [4.78, 5) is 23.9. The second-order valence-electron chi connectivity index (χ2n) is 5.42. The van der Waals surface area contributed by atoms with Gasteiger partial charge in [-0.3, -0.25) is 0 Å². The average molecular weight is 334 g/mol. The molecule has 2 aromatic heterocycles. The van der Waals surface area contributed by atoms with Crippen molar-refractivity contribution in [1.29, 1.82) is 0 Å². The standard InChI is InChI=1S/C18H22O6/c1-7-11-9(3)13(23-15(11)17(19)21-5)14-10(4)12(8-2)16(24-14)18(20)22-6/h7-8H2,1-6H3. The summed E-state index contributed by atoms with van der Waals surface area (Å²) in [6.45, 7) is 7.58. The molecule has 0 aromatic carbocycles. The van der Waals surface area contributed by atoms with Crippen LogP contribution in [-0.2, 0) is 22.3 Å². The van der Waals surface area contributed by atoms with E-state index in [-0.39, 0.29) is 11.5 Å². The molecule has 0 aliphatic carbocycles. The van der Waals surface area contributed by atoms with Gasteiger partial charge in [0.2, 0.25) is 11.5 Å². The van der Waals surface area contributed by atoms with Crippen LogP contribution in [0, 0.1) is 13.8 Å². The molecule has 0 amide bonds. The van der Waals surface area contributed by atoms with E-state index < -0.39 is 11.9 Å². The van der Waals surface area contributed by atoms with Crippen molar-refractivity contribution in [2.75, 3.05) is 14.2 Å². The Hall–Kier alpha value is -2.50. The molecule has 0 aliphatic rings. The number of ether oxygens (including phenoxy) is 2. The SMILES string of the molecule is CCc1c(C(=O)OC)oc(-c2oc(C(=O)OC)c(CC)c2C)c1C. The zero-order chi connectivity index (χ0) is 18.0. The van der Waals surface area contributed by atoms with Crippen molar-refractivity contribution < 1.29 is 27.9 Å². The molecular weight excluding hydrogens is 312 g/mol. The van der Waals surface area contributed by atoms with Gasteiger partial charge in [-0.2, -0.15) is 0 Å². The first-order valence-corrected chi connectivity index (χ1v) is 7.82. The number of esters is 2. The summed E-state index contributed by atoms with van der Waals surface area (Å²) in [5.74, 6) is 0.148. The lowest BCUT2D eigenvalue weighted by Gasteiger charge is -1.97. The van der Waals surface area contributed by atoms with Crippen molar-refractivity contribution in [3.8, 4) is 11.5 Å². The Morgan fingerprint density at radius 1 is 0.792 bits per heavy atom. The van der Waals surface area contributed by atoms with Crippen LogP contribution in [-0.4, -0.2) is 26.2 Å². The Morgan fingerprint density at radius 3 is 1.38 bits per heavy atom. The van der Waals surface area contributed by atoms with Crippen LogP contribution in [0.15, 0.2) is 8.83 Å². The van der Waals surface area contributed by atoms with Gasteiger partial charge in [-0.1, -0.05) is 13.8 Å². The van der Waals surface area contributed by atoms with Crippen molar-refractivity contribution in [1.82, 2.24) is 0 Å². The molecule has 6 nitrogen and oxygen atoms in total. The van der Waals surface area contributed by atoms with Crippen LogP contribution in [0.2, 0.25) is 0 Å². The molecule has 0 saturated carbocycles. The molecule has 0 spiro atoms. The highest BCUT2D eigenvalue weighted by molar-refractivity contribution is 5.91. The maximum atomic E-state index is 11.9. The third-order valence-electron chi connectivity index (χ3n) is 4.20. The van der Waals surface area contributed by atoms with Gasteiger partial charge in [-0.25, -0.2) is 9.59 Å². The number of furan rings is 2. The van der Waals surface area contributed by atoms with E-state index in [1.807, 2.05) is 27.7 Å². The van der Waals surface area contributed by atoms with Gasteiger partial charge in [0, 0.05) is 22.3 Å². The summed E-state index contributed by atoms with van der Waals surface area (Å²) in [5, 5.41) is 0. The van der Waals surface area contributed by atoms with E-state index in [0.29, 0.717) is 24.4 Å². The Bertz CT molecular complexity index is 712. The van der Waals surface area contributed by atoms with E-state index >= 15 is 0 Å². The van der Waals surface area contributed by atoms with Crippen molar-refractivity contribution in [2.24, 2.45) is 0 Å². The number of hydrogen-bond donors (Lipinski definition) is 0. The number of carbonyl (C=O) groups is 2. The Balaban J connectivity index is 2.69. The van der Waals surface area contributed by atoms with E-state index in [2.05, 4.69) is 0 Å². The smallest absolute Gasteiger partial charge is 0.374 e. The predicted octanol–water partition coefficient (Wildman–Crippen LogP) is 3.85. The molecule has 24 heavy (non-hydrogen) atoms. The quantitative estimate of drug-likeness (QED) is 0.773.